The summed E-state index contributed by atoms with van der Waals surface area (Å²) < 4.78 is 45.0. The van der Waals surface area contributed by atoms with Crippen LogP contribution in [-0.2, 0) is 20.6 Å². The van der Waals surface area contributed by atoms with Crippen LogP contribution in [0.4, 0.5) is 10.2 Å². The molecule has 0 aliphatic heterocycles. The molecule has 26 heavy (non-hydrogen) atoms. The van der Waals surface area contributed by atoms with Crippen molar-refractivity contribution in [1.29, 1.82) is 0 Å². The van der Waals surface area contributed by atoms with Gasteiger partial charge in [0.1, 0.15) is 17.4 Å². The highest BCUT2D eigenvalue weighted by atomic mass is 32.2. The minimum Gasteiger partial charge on any atom is -0.496 e. The van der Waals surface area contributed by atoms with Crippen molar-refractivity contribution in [3.05, 3.63) is 53.5 Å². The van der Waals surface area contributed by atoms with Crippen molar-refractivity contribution in [2.24, 2.45) is 0 Å². The van der Waals surface area contributed by atoms with E-state index in [4.69, 9.17) is 4.74 Å². The lowest BCUT2D eigenvalue weighted by Gasteiger charge is -2.11. The average Bonchev–Trinajstić information content (AvgIpc) is 2.56. The van der Waals surface area contributed by atoms with Crippen LogP contribution in [0.15, 0.2) is 36.5 Å². The largest absolute Gasteiger partial charge is 0.496 e. The molecule has 0 unspecified atom stereocenters. The summed E-state index contributed by atoms with van der Waals surface area (Å²) >= 11 is 0. The molecule has 1 amide bonds. The zero-order valence-corrected chi connectivity index (χ0v) is 15.3. The van der Waals surface area contributed by atoms with Crippen LogP contribution in [0.5, 0.6) is 5.75 Å². The minimum absolute atomic E-state index is 0.0600. The first-order chi connectivity index (χ1) is 12.3. The maximum absolute atomic E-state index is 13.3. The Kier molecular flexibility index (Phi) is 6.64. The highest BCUT2D eigenvalue weighted by Gasteiger charge is 2.16. The molecule has 9 heteroatoms. The van der Waals surface area contributed by atoms with Crippen LogP contribution in [0.25, 0.3) is 0 Å². The van der Waals surface area contributed by atoms with Gasteiger partial charge in [0, 0.05) is 24.7 Å². The third kappa shape index (κ3) is 5.78. The number of hydrogen-bond donors (Lipinski definition) is 2. The molecule has 0 aliphatic rings. The van der Waals surface area contributed by atoms with E-state index < -0.39 is 21.6 Å². The van der Waals surface area contributed by atoms with Crippen LogP contribution >= 0.6 is 0 Å². The van der Waals surface area contributed by atoms with Crippen LogP contribution < -0.4 is 14.8 Å². The Morgan fingerprint density at radius 3 is 2.77 bits per heavy atom. The second-order valence-electron chi connectivity index (χ2n) is 5.58. The van der Waals surface area contributed by atoms with Crippen molar-refractivity contribution in [2.75, 3.05) is 19.0 Å². The minimum atomic E-state index is -3.75. The molecule has 0 saturated carbocycles. The van der Waals surface area contributed by atoms with Crippen LogP contribution in [0.3, 0.4) is 0 Å². The number of aryl methyl sites for hydroxylation is 1. The lowest BCUT2D eigenvalue weighted by atomic mass is 10.2. The van der Waals surface area contributed by atoms with Gasteiger partial charge < -0.3 is 10.1 Å². The van der Waals surface area contributed by atoms with Crippen molar-refractivity contribution in [2.45, 2.75) is 19.1 Å². The number of nitrogens with one attached hydrogen (secondary N) is 2. The van der Waals surface area contributed by atoms with Crippen molar-refractivity contribution in [1.82, 2.24) is 9.71 Å². The van der Waals surface area contributed by atoms with Crippen LogP contribution in [0.1, 0.15) is 17.5 Å². The molecule has 2 N–H and O–H groups in total. The molecule has 140 valence electrons. The van der Waals surface area contributed by atoms with E-state index in [2.05, 4.69) is 15.0 Å². The standard InChI is InChI=1S/C17H20FN3O4S/c1-12-4-3-8-19-17(12)21-16(22)7-9-20-26(23,24)11-13-10-14(18)5-6-15(13)25-2/h3-6,8,10,20H,7,9,11H2,1-2H3,(H,19,21,22). The molecule has 2 rings (SSSR count). The molecule has 0 radical (unpaired) electrons. The van der Waals surface area contributed by atoms with Gasteiger partial charge in [-0.15, -0.1) is 0 Å². The number of nitrogens with zero attached hydrogens (tertiary/aromatic N) is 1. The van der Waals surface area contributed by atoms with Crippen molar-refractivity contribution >= 4 is 21.7 Å². The van der Waals surface area contributed by atoms with Gasteiger partial charge in [0.2, 0.25) is 15.9 Å². The first-order valence-corrected chi connectivity index (χ1v) is 9.47. The molecule has 0 saturated heterocycles. The molecule has 0 aliphatic carbocycles. The van der Waals surface area contributed by atoms with Gasteiger partial charge in [0.25, 0.3) is 0 Å². The number of sulfonamides is 1. The van der Waals surface area contributed by atoms with Gasteiger partial charge in [-0.1, -0.05) is 6.07 Å². The normalized spacial score (nSPS) is 11.2. The molecule has 7 nitrogen and oxygen atoms in total. The molecule has 1 heterocycles. The Balaban J connectivity index is 1.89. The molecule has 1 aromatic heterocycles. The summed E-state index contributed by atoms with van der Waals surface area (Å²) in [5.74, 6) is -0.654. The van der Waals surface area contributed by atoms with Crippen LogP contribution in [-0.4, -0.2) is 33.0 Å². The fourth-order valence-electron chi connectivity index (χ4n) is 2.25. The smallest absolute Gasteiger partial charge is 0.226 e. The Morgan fingerprint density at radius 2 is 2.08 bits per heavy atom. The Bertz CT molecular complexity index is 887. The first-order valence-electron chi connectivity index (χ1n) is 7.82. The SMILES string of the molecule is COc1ccc(F)cc1CS(=O)(=O)NCCC(=O)Nc1ncccc1C. The van der Waals surface area contributed by atoms with E-state index in [0.29, 0.717) is 5.82 Å². The van der Waals surface area contributed by atoms with Crippen molar-refractivity contribution < 1.29 is 22.3 Å². The summed E-state index contributed by atoms with van der Waals surface area (Å²) in [7, 11) is -2.38. The summed E-state index contributed by atoms with van der Waals surface area (Å²) in [6.07, 6.45) is 1.49. The van der Waals surface area contributed by atoms with Gasteiger partial charge in [-0.05, 0) is 36.8 Å². The van der Waals surface area contributed by atoms with Crippen LogP contribution in [0.2, 0.25) is 0 Å². The molecule has 2 aromatic rings. The number of amides is 1. The molecule has 0 fully saturated rings. The fraction of sp³-hybridized carbons (Fsp3) is 0.294. The quantitative estimate of drug-likeness (QED) is 0.729. The van der Waals surface area contributed by atoms with E-state index in [9.17, 15) is 17.6 Å². The van der Waals surface area contributed by atoms with Gasteiger partial charge in [0.15, 0.2) is 0 Å². The summed E-state index contributed by atoms with van der Waals surface area (Å²) in [5, 5.41) is 2.62. The number of aromatic nitrogens is 1. The molecule has 0 spiro atoms. The lowest BCUT2D eigenvalue weighted by Crippen LogP contribution is -2.29. The number of hydrogen-bond acceptors (Lipinski definition) is 5. The monoisotopic (exact) mass is 381 g/mol. The van der Waals surface area contributed by atoms with E-state index in [1.807, 2.05) is 0 Å². The van der Waals surface area contributed by atoms with Gasteiger partial charge in [-0.3, -0.25) is 4.79 Å². The molecule has 0 atom stereocenters. The number of ether oxygens (including phenoxy) is 1. The van der Waals surface area contributed by atoms with E-state index in [-0.39, 0.29) is 30.2 Å². The molecule has 0 bridgehead atoms. The lowest BCUT2D eigenvalue weighted by molar-refractivity contribution is -0.116. The third-order valence-corrected chi connectivity index (χ3v) is 4.86. The second kappa shape index (κ2) is 8.72. The van der Waals surface area contributed by atoms with E-state index in [1.165, 1.54) is 19.2 Å². The summed E-state index contributed by atoms with van der Waals surface area (Å²) in [6.45, 7) is 1.72. The number of carbonyl (C=O) groups is 1. The summed E-state index contributed by atoms with van der Waals surface area (Å²) in [4.78, 5) is 15.9. The second-order valence-corrected chi connectivity index (χ2v) is 7.38. The van der Waals surface area contributed by atoms with E-state index in [0.717, 1.165) is 11.6 Å². The van der Waals surface area contributed by atoms with Gasteiger partial charge in [-0.25, -0.2) is 22.5 Å². The zero-order chi connectivity index (χ0) is 19.2. The summed E-state index contributed by atoms with van der Waals surface area (Å²) in [6, 6.07) is 7.21. The van der Waals surface area contributed by atoms with Crippen molar-refractivity contribution in [3.8, 4) is 5.75 Å². The Hall–Kier alpha value is -2.52. The Morgan fingerprint density at radius 1 is 1.31 bits per heavy atom. The third-order valence-electron chi connectivity index (χ3n) is 3.53. The number of pyridine rings is 1. The number of rotatable bonds is 8. The fourth-order valence-corrected chi connectivity index (χ4v) is 3.40. The Labute approximate surface area is 151 Å². The number of halogens is 1. The van der Waals surface area contributed by atoms with Gasteiger partial charge in [0.05, 0.1) is 12.9 Å². The predicted molar refractivity (Wildman–Crippen MR) is 95.8 cm³/mol. The number of anilines is 1. The first kappa shape index (κ1) is 19.8. The average molecular weight is 381 g/mol. The highest BCUT2D eigenvalue weighted by Crippen LogP contribution is 2.21. The molecule has 1 aromatic carbocycles. The van der Waals surface area contributed by atoms with Gasteiger partial charge >= 0.3 is 0 Å². The highest BCUT2D eigenvalue weighted by molar-refractivity contribution is 7.88. The summed E-state index contributed by atoms with van der Waals surface area (Å²) in [5.41, 5.74) is 1.01. The van der Waals surface area contributed by atoms with Crippen molar-refractivity contribution in [3.63, 3.8) is 0 Å². The topological polar surface area (TPSA) is 97.4 Å². The number of benzene rings is 1. The number of carbonyl (C=O) groups excluding carboxylic acids is 1. The maximum Gasteiger partial charge on any atom is 0.226 e. The molecular formula is C17H20FN3O4S. The van der Waals surface area contributed by atoms with Gasteiger partial charge in [-0.2, -0.15) is 0 Å². The molecular weight excluding hydrogens is 361 g/mol. The van der Waals surface area contributed by atoms with E-state index in [1.54, 1.807) is 25.3 Å². The zero-order valence-electron chi connectivity index (χ0n) is 14.5. The maximum atomic E-state index is 13.3. The predicted octanol–water partition coefficient (Wildman–Crippen LogP) is 1.99. The number of methoxy groups -OCH3 is 1. The van der Waals surface area contributed by atoms with E-state index >= 15 is 0 Å². The van der Waals surface area contributed by atoms with Crippen LogP contribution in [0, 0.1) is 12.7 Å².